The maximum absolute atomic E-state index is 6.20. The fourth-order valence-electron chi connectivity index (χ4n) is 2.41. The van der Waals surface area contributed by atoms with Crippen molar-refractivity contribution in [3.05, 3.63) is 44.1 Å². The molecule has 0 spiro atoms. The molecule has 0 bridgehead atoms. The number of halogens is 3. The van der Waals surface area contributed by atoms with E-state index in [1.165, 1.54) is 15.3 Å². The summed E-state index contributed by atoms with van der Waals surface area (Å²) < 4.78 is 1.16. The van der Waals surface area contributed by atoms with Crippen LogP contribution in [-0.2, 0) is 13.0 Å². The second-order valence-corrected chi connectivity index (χ2v) is 7.96. The van der Waals surface area contributed by atoms with E-state index < -0.39 is 0 Å². The van der Waals surface area contributed by atoms with Gasteiger partial charge in [-0.3, -0.25) is 0 Å². The highest BCUT2D eigenvalue weighted by Crippen LogP contribution is 2.37. The van der Waals surface area contributed by atoms with Crippen molar-refractivity contribution in [2.24, 2.45) is 5.73 Å². The van der Waals surface area contributed by atoms with Crippen LogP contribution in [0.15, 0.2) is 23.6 Å². The van der Waals surface area contributed by atoms with Crippen LogP contribution >= 0.6 is 59.1 Å². The summed E-state index contributed by atoms with van der Waals surface area (Å²) in [6.07, 6.45) is 0.870. The van der Waals surface area contributed by atoms with Crippen molar-refractivity contribution in [3.8, 4) is 0 Å². The first-order valence-electron chi connectivity index (χ1n) is 7.15. The molecule has 1 atom stereocenters. The molecule has 24 heavy (non-hydrogen) atoms. The third-order valence-corrected chi connectivity index (χ3v) is 5.89. The van der Waals surface area contributed by atoms with E-state index in [1.54, 1.807) is 22.7 Å². The highest BCUT2D eigenvalue weighted by Gasteiger charge is 2.15. The standard InChI is InChI=1S/C16H18ClN3S2.2ClH/c1-9(18)6-13-10(2)15-16(22-13)12(7-14(17)20-15)19-8-11-4-3-5-21-11;;/h3-5,7,9H,6,8,18H2,1-2H3,(H,19,20);2*1H/t9-;;/m0../s1. The lowest BCUT2D eigenvalue weighted by Crippen LogP contribution is -2.17. The van der Waals surface area contributed by atoms with Gasteiger partial charge in [0.05, 0.1) is 15.9 Å². The molecule has 3 heterocycles. The van der Waals surface area contributed by atoms with E-state index in [4.69, 9.17) is 17.3 Å². The van der Waals surface area contributed by atoms with E-state index in [-0.39, 0.29) is 30.9 Å². The largest absolute Gasteiger partial charge is 0.379 e. The van der Waals surface area contributed by atoms with Crippen molar-refractivity contribution in [3.63, 3.8) is 0 Å². The van der Waals surface area contributed by atoms with Gasteiger partial charge in [-0.25, -0.2) is 4.98 Å². The summed E-state index contributed by atoms with van der Waals surface area (Å²) >= 11 is 9.71. The highest BCUT2D eigenvalue weighted by atomic mass is 35.5. The van der Waals surface area contributed by atoms with Gasteiger partial charge < -0.3 is 11.1 Å². The number of anilines is 1. The van der Waals surface area contributed by atoms with Crippen molar-refractivity contribution >= 4 is 75.0 Å². The topological polar surface area (TPSA) is 50.9 Å². The minimum Gasteiger partial charge on any atom is -0.379 e. The summed E-state index contributed by atoms with van der Waals surface area (Å²) in [5, 5.41) is 6.10. The van der Waals surface area contributed by atoms with E-state index in [0.717, 1.165) is 28.9 Å². The van der Waals surface area contributed by atoms with E-state index >= 15 is 0 Å². The first kappa shape index (κ1) is 21.5. The Morgan fingerprint density at radius 2 is 2.12 bits per heavy atom. The summed E-state index contributed by atoms with van der Waals surface area (Å²) in [5.41, 5.74) is 9.18. The number of rotatable bonds is 5. The Hall–Kier alpha value is -0.560. The minimum atomic E-state index is 0. The molecular formula is C16H20Cl3N3S2. The van der Waals surface area contributed by atoms with Crippen molar-refractivity contribution in [2.75, 3.05) is 5.32 Å². The second kappa shape index (κ2) is 9.22. The third-order valence-electron chi connectivity index (χ3n) is 3.48. The van der Waals surface area contributed by atoms with E-state index in [2.05, 4.69) is 34.7 Å². The van der Waals surface area contributed by atoms with Gasteiger partial charge in [0.1, 0.15) is 5.15 Å². The van der Waals surface area contributed by atoms with Gasteiger partial charge in [0.2, 0.25) is 0 Å². The molecule has 0 aromatic carbocycles. The zero-order chi connectivity index (χ0) is 15.7. The first-order chi connectivity index (χ1) is 10.5. The lowest BCUT2D eigenvalue weighted by molar-refractivity contribution is 0.744. The highest BCUT2D eigenvalue weighted by molar-refractivity contribution is 7.19. The van der Waals surface area contributed by atoms with Gasteiger partial charge in [0.15, 0.2) is 0 Å². The smallest absolute Gasteiger partial charge is 0.131 e. The van der Waals surface area contributed by atoms with Crippen LogP contribution in [0.3, 0.4) is 0 Å². The van der Waals surface area contributed by atoms with E-state index in [1.807, 2.05) is 13.0 Å². The lowest BCUT2D eigenvalue weighted by atomic mass is 10.1. The number of pyridine rings is 1. The van der Waals surface area contributed by atoms with Gasteiger partial charge in [0, 0.05) is 28.4 Å². The molecule has 0 saturated heterocycles. The quantitative estimate of drug-likeness (QED) is 0.519. The number of hydrogen-bond acceptors (Lipinski definition) is 5. The number of fused-ring (bicyclic) bond motifs is 1. The van der Waals surface area contributed by atoms with Gasteiger partial charge in [-0.15, -0.1) is 47.5 Å². The molecule has 0 unspecified atom stereocenters. The average molecular weight is 425 g/mol. The Bertz CT molecular complexity index is 786. The molecule has 3 N–H and O–H groups in total. The SMILES string of the molecule is Cc1c(C[C@H](C)N)sc2c(NCc3cccs3)cc(Cl)nc12.Cl.Cl. The summed E-state index contributed by atoms with van der Waals surface area (Å²) in [7, 11) is 0. The van der Waals surface area contributed by atoms with Crippen LogP contribution in [0, 0.1) is 6.92 Å². The Balaban J connectivity index is 0.00000144. The Kier molecular flexibility index (Phi) is 8.26. The van der Waals surface area contributed by atoms with E-state index in [9.17, 15) is 0 Å². The summed E-state index contributed by atoms with van der Waals surface area (Å²) in [6.45, 7) is 4.93. The minimum absolute atomic E-state index is 0. The van der Waals surface area contributed by atoms with Crippen molar-refractivity contribution in [1.29, 1.82) is 0 Å². The molecule has 3 aromatic rings. The zero-order valence-electron chi connectivity index (χ0n) is 13.3. The Morgan fingerprint density at radius 3 is 2.75 bits per heavy atom. The number of hydrogen-bond donors (Lipinski definition) is 2. The van der Waals surface area contributed by atoms with Gasteiger partial charge in [-0.05, 0) is 37.3 Å². The second-order valence-electron chi connectivity index (χ2n) is 5.43. The monoisotopic (exact) mass is 423 g/mol. The summed E-state index contributed by atoms with van der Waals surface area (Å²) in [5.74, 6) is 0. The van der Waals surface area contributed by atoms with E-state index in [0.29, 0.717) is 5.15 Å². The van der Waals surface area contributed by atoms with Crippen molar-refractivity contribution < 1.29 is 0 Å². The average Bonchev–Trinajstić information content (AvgIpc) is 3.07. The fourth-order valence-corrected chi connectivity index (χ4v) is 4.62. The Morgan fingerprint density at radius 1 is 1.38 bits per heavy atom. The van der Waals surface area contributed by atoms with Crippen LogP contribution in [0.25, 0.3) is 10.2 Å². The van der Waals surface area contributed by atoms with Gasteiger partial charge >= 0.3 is 0 Å². The van der Waals surface area contributed by atoms with Crippen LogP contribution in [0.4, 0.5) is 5.69 Å². The molecule has 0 aliphatic carbocycles. The summed E-state index contributed by atoms with van der Waals surface area (Å²) in [6, 6.07) is 6.24. The predicted molar refractivity (Wildman–Crippen MR) is 113 cm³/mol. The number of nitrogens with zero attached hydrogens (tertiary/aromatic N) is 1. The number of thiophene rings is 2. The third kappa shape index (κ3) is 4.75. The molecule has 132 valence electrons. The number of nitrogens with two attached hydrogens (primary N) is 1. The van der Waals surface area contributed by atoms with Crippen LogP contribution in [0.1, 0.15) is 22.2 Å². The fraction of sp³-hybridized carbons (Fsp3) is 0.312. The van der Waals surface area contributed by atoms with Gasteiger partial charge in [-0.2, -0.15) is 0 Å². The number of aromatic nitrogens is 1. The molecule has 8 heteroatoms. The van der Waals surface area contributed by atoms with Crippen LogP contribution in [-0.4, -0.2) is 11.0 Å². The molecular weight excluding hydrogens is 405 g/mol. The Labute approximate surface area is 167 Å². The molecule has 0 amide bonds. The molecule has 0 aliphatic heterocycles. The maximum Gasteiger partial charge on any atom is 0.131 e. The lowest BCUT2D eigenvalue weighted by Gasteiger charge is -2.06. The zero-order valence-corrected chi connectivity index (χ0v) is 17.4. The predicted octanol–water partition coefficient (Wildman–Crippen LogP) is 5.67. The maximum atomic E-state index is 6.20. The number of nitrogens with one attached hydrogen (secondary N) is 1. The molecule has 0 fully saturated rings. The first-order valence-corrected chi connectivity index (χ1v) is 9.22. The van der Waals surface area contributed by atoms with Crippen molar-refractivity contribution in [1.82, 2.24) is 4.98 Å². The molecule has 0 saturated carbocycles. The molecule has 0 radical (unpaired) electrons. The molecule has 0 aliphatic rings. The van der Waals surface area contributed by atoms with Gasteiger partial charge in [0.25, 0.3) is 0 Å². The molecule has 3 aromatic heterocycles. The van der Waals surface area contributed by atoms with Crippen molar-refractivity contribution in [2.45, 2.75) is 32.9 Å². The number of aryl methyl sites for hydroxylation is 1. The normalized spacial score (nSPS) is 11.7. The molecule has 3 rings (SSSR count). The van der Waals surface area contributed by atoms with Crippen LogP contribution in [0.5, 0.6) is 0 Å². The summed E-state index contributed by atoms with van der Waals surface area (Å²) in [4.78, 5) is 7.09. The van der Waals surface area contributed by atoms with Crippen LogP contribution < -0.4 is 11.1 Å². The van der Waals surface area contributed by atoms with Gasteiger partial charge in [-0.1, -0.05) is 17.7 Å². The van der Waals surface area contributed by atoms with Crippen LogP contribution in [0.2, 0.25) is 5.15 Å². The molecule has 3 nitrogen and oxygen atoms in total.